The topological polar surface area (TPSA) is 73.9 Å². The summed E-state index contributed by atoms with van der Waals surface area (Å²) in [6.45, 7) is 2.59. The molecule has 1 saturated carbocycles. The Morgan fingerprint density at radius 3 is 2.43 bits per heavy atom. The fourth-order valence-corrected chi connectivity index (χ4v) is 4.08. The lowest BCUT2D eigenvalue weighted by Crippen LogP contribution is -2.31. The first-order valence-corrected chi connectivity index (χ1v) is 10.3. The molecule has 0 spiro atoms. The molecule has 6 heteroatoms. The van der Waals surface area contributed by atoms with Crippen LogP contribution in [0, 0.1) is 5.41 Å². The third-order valence-corrected chi connectivity index (χ3v) is 6.06. The number of carbonyl (C=O) groups is 2. The minimum atomic E-state index is -0.0500. The molecular weight excluding hydrogens is 382 g/mol. The summed E-state index contributed by atoms with van der Waals surface area (Å²) >= 11 is 0. The highest BCUT2D eigenvalue weighted by Crippen LogP contribution is 2.50. The van der Waals surface area contributed by atoms with Crippen molar-refractivity contribution in [2.75, 3.05) is 27.4 Å². The predicted molar refractivity (Wildman–Crippen MR) is 113 cm³/mol. The molecule has 0 radical (unpaired) electrons. The maximum atomic E-state index is 12.2. The third kappa shape index (κ3) is 3.74. The molecule has 0 atom stereocenters. The van der Waals surface area contributed by atoms with Gasteiger partial charge in [-0.05, 0) is 42.5 Å². The lowest BCUT2D eigenvalue weighted by atomic mass is 9.95. The van der Waals surface area contributed by atoms with E-state index in [-0.39, 0.29) is 17.1 Å². The summed E-state index contributed by atoms with van der Waals surface area (Å²) in [5, 5.41) is 2.91. The zero-order valence-electron chi connectivity index (χ0n) is 17.7. The summed E-state index contributed by atoms with van der Waals surface area (Å²) in [4.78, 5) is 23.6. The van der Waals surface area contributed by atoms with E-state index in [0.29, 0.717) is 36.8 Å². The van der Waals surface area contributed by atoms with Gasteiger partial charge in [-0.1, -0.05) is 18.2 Å². The van der Waals surface area contributed by atoms with Crippen LogP contribution >= 0.6 is 0 Å². The molecular formula is C24H27NO5. The first kappa shape index (κ1) is 20.3. The van der Waals surface area contributed by atoms with Crippen LogP contribution in [0.5, 0.6) is 17.2 Å². The highest BCUT2D eigenvalue weighted by atomic mass is 16.5. The third-order valence-electron chi connectivity index (χ3n) is 6.06. The molecule has 0 unspecified atom stereocenters. The van der Waals surface area contributed by atoms with E-state index in [2.05, 4.69) is 5.32 Å². The smallest absolute Gasteiger partial charge is 0.216 e. The number of Topliss-reactive ketones (excluding diaryl/α,β-unsaturated/α-hetero) is 1. The Morgan fingerprint density at radius 1 is 1.00 bits per heavy atom. The Kier molecular flexibility index (Phi) is 5.41. The van der Waals surface area contributed by atoms with Gasteiger partial charge < -0.3 is 19.5 Å². The minimum Gasteiger partial charge on any atom is -0.493 e. The predicted octanol–water partition coefficient (Wildman–Crippen LogP) is 3.79. The van der Waals surface area contributed by atoms with E-state index < -0.39 is 0 Å². The van der Waals surface area contributed by atoms with Crippen molar-refractivity contribution in [1.29, 1.82) is 0 Å². The number of ether oxygens (including phenoxy) is 3. The molecule has 158 valence electrons. The van der Waals surface area contributed by atoms with Crippen LogP contribution in [0.15, 0.2) is 30.3 Å². The molecule has 0 heterocycles. The summed E-state index contributed by atoms with van der Waals surface area (Å²) in [5.41, 5.74) is 3.66. The van der Waals surface area contributed by atoms with Crippen molar-refractivity contribution >= 4 is 11.7 Å². The van der Waals surface area contributed by atoms with E-state index in [1.54, 1.807) is 14.2 Å². The largest absolute Gasteiger partial charge is 0.493 e. The molecule has 1 N–H and O–H groups in total. The Labute approximate surface area is 176 Å². The van der Waals surface area contributed by atoms with Crippen molar-refractivity contribution in [2.45, 2.75) is 32.6 Å². The minimum absolute atomic E-state index is 0.0366. The van der Waals surface area contributed by atoms with E-state index >= 15 is 0 Å². The quantitative estimate of drug-likeness (QED) is 0.718. The van der Waals surface area contributed by atoms with E-state index in [9.17, 15) is 9.59 Å². The van der Waals surface area contributed by atoms with Crippen molar-refractivity contribution in [2.24, 2.45) is 5.41 Å². The van der Waals surface area contributed by atoms with Gasteiger partial charge in [-0.2, -0.15) is 0 Å². The van der Waals surface area contributed by atoms with Gasteiger partial charge in [0, 0.05) is 36.4 Å². The summed E-state index contributed by atoms with van der Waals surface area (Å²) in [5.74, 6) is 1.88. The van der Waals surface area contributed by atoms with Crippen molar-refractivity contribution in [3.8, 4) is 28.4 Å². The van der Waals surface area contributed by atoms with E-state index in [1.165, 1.54) is 6.92 Å². The van der Waals surface area contributed by atoms with Crippen LogP contribution in [-0.2, 0) is 11.2 Å². The summed E-state index contributed by atoms with van der Waals surface area (Å²) in [7, 11) is 3.19. The average Bonchev–Trinajstić information content (AvgIpc) is 3.44. The van der Waals surface area contributed by atoms with Gasteiger partial charge in [0.1, 0.15) is 0 Å². The van der Waals surface area contributed by atoms with Crippen LogP contribution in [0.3, 0.4) is 0 Å². The molecule has 0 bridgehead atoms. The average molecular weight is 409 g/mol. The van der Waals surface area contributed by atoms with E-state index in [1.807, 2.05) is 30.3 Å². The van der Waals surface area contributed by atoms with Gasteiger partial charge in [-0.3, -0.25) is 9.59 Å². The number of hydrogen-bond donors (Lipinski definition) is 1. The molecule has 4 rings (SSSR count). The van der Waals surface area contributed by atoms with Gasteiger partial charge in [0.2, 0.25) is 11.7 Å². The number of rotatable bonds is 8. The highest BCUT2D eigenvalue weighted by Gasteiger charge is 2.44. The SMILES string of the molecule is COc1ccc(-c2cccc3c2CCC3=O)c(OCC2(CNC(C)=O)CC2)c1OC. The maximum absolute atomic E-state index is 12.2. The molecule has 6 nitrogen and oxygen atoms in total. The fraction of sp³-hybridized carbons (Fsp3) is 0.417. The van der Waals surface area contributed by atoms with Gasteiger partial charge in [0.05, 0.1) is 20.8 Å². The van der Waals surface area contributed by atoms with E-state index in [4.69, 9.17) is 14.2 Å². The van der Waals surface area contributed by atoms with Crippen molar-refractivity contribution < 1.29 is 23.8 Å². The second-order valence-electron chi connectivity index (χ2n) is 8.13. The molecule has 2 aromatic carbocycles. The molecule has 1 fully saturated rings. The number of carbonyl (C=O) groups excluding carboxylic acids is 2. The Bertz CT molecular complexity index is 993. The molecule has 2 aliphatic rings. The Hall–Kier alpha value is -3.02. The monoisotopic (exact) mass is 409 g/mol. The zero-order valence-corrected chi connectivity index (χ0v) is 17.7. The number of methoxy groups -OCH3 is 2. The molecule has 0 aliphatic heterocycles. The highest BCUT2D eigenvalue weighted by molar-refractivity contribution is 6.02. The van der Waals surface area contributed by atoms with Crippen molar-refractivity contribution in [3.63, 3.8) is 0 Å². The standard InChI is InChI=1S/C24H27NO5/c1-15(26)25-13-24(11-12-24)14-30-22-19(8-10-21(28-2)23(22)29-3)16-5-4-6-18-17(16)7-9-20(18)27/h4-6,8,10H,7,9,11-14H2,1-3H3,(H,25,26). The van der Waals surface area contributed by atoms with Gasteiger partial charge >= 0.3 is 0 Å². The Morgan fingerprint density at radius 2 is 1.77 bits per heavy atom. The summed E-state index contributed by atoms with van der Waals surface area (Å²) < 4.78 is 17.5. The van der Waals surface area contributed by atoms with Crippen LogP contribution in [0.4, 0.5) is 0 Å². The number of ketones is 1. The first-order valence-electron chi connectivity index (χ1n) is 10.3. The first-order chi connectivity index (χ1) is 14.5. The molecule has 2 aromatic rings. The number of benzene rings is 2. The van der Waals surface area contributed by atoms with Gasteiger partial charge in [-0.15, -0.1) is 0 Å². The number of nitrogens with one attached hydrogen (secondary N) is 1. The van der Waals surface area contributed by atoms with Crippen LogP contribution in [0.1, 0.15) is 42.1 Å². The molecule has 0 saturated heterocycles. The van der Waals surface area contributed by atoms with E-state index in [0.717, 1.165) is 41.5 Å². The Balaban J connectivity index is 1.72. The second kappa shape index (κ2) is 8.01. The fourth-order valence-electron chi connectivity index (χ4n) is 4.08. The lowest BCUT2D eigenvalue weighted by Gasteiger charge is -2.22. The second-order valence-corrected chi connectivity index (χ2v) is 8.13. The van der Waals surface area contributed by atoms with Crippen LogP contribution in [-0.4, -0.2) is 39.1 Å². The van der Waals surface area contributed by atoms with Gasteiger partial charge in [-0.25, -0.2) is 0 Å². The molecule has 2 aliphatic carbocycles. The van der Waals surface area contributed by atoms with Gasteiger partial charge in [0.25, 0.3) is 0 Å². The number of hydrogen-bond acceptors (Lipinski definition) is 5. The van der Waals surface area contributed by atoms with Crippen LogP contribution in [0.25, 0.3) is 11.1 Å². The zero-order chi connectivity index (χ0) is 21.3. The van der Waals surface area contributed by atoms with Crippen molar-refractivity contribution in [3.05, 3.63) is 41.5 Å². The number of fused-ring (bicyclic) bond motifs is 1. The van der Waals surface area contributed by atoms with Crippen LogP contribution in [0.2, 0.25) is 0 Å². The summed E-state index contributed by atoms with van der Waals surface area (Å²) in [6, 6.07) is 9.65. The molecule has 0 aromatic heterocycles. The van der Waals surface area contributed by atoms with Gasteiger partial charge in [0.15, 0.2) is 17.3 Å². The van der Waals surface area contributed by atoms with Crippen LogP contribution < -0.4 is 19.5 Å². The lowest BCUT2D eigenvalue weighted by molar-refractivity contribution is -0.119. The normalized spacial score (nSPS) is 16.0. The molecule has 1 amide bonds. The summed E-state index contributed by atoms with van der Waals surface area (Å²) in [6.07, 6.45) is 3.27. The maximum Gasteiger partial charge on any atom is 0.216 e. The van der Waals surface area contributed by atoms with Crippen molar-refractivity contribution in [1.82, 2.24) is 5.32 Å². The molecule has 30 heavy (non-hydrogen) atoms. The number of amides is 1.